The van der Waals surface area contributed by atoms with Gasteiger partial charge >= 0.3 is 0 Å². The highest BCUT2D eigenvalue weighted by molar-refractivity contribution is 7.97. The van der Waals surface area contributed by atoms with Crippen molar-refractivity contribution in [2.45, 2.75) is 44.6 Å². The molecular formula is C29H33N3OS. The molecule has 1 atom stereocenters. The number of anilines is 2. The molecule has 2 N–H and O–H groups in total. The van der Waals surface area contributed by atoms with Crippen molar-refractivity contribution in [2.75, 3.05) is 24.2 Å². The summed E-state index contributed by atoms with van der Waals surface area (Å²) in [5.41, 5.74) is 8.00. The van der Waals surface area contributed by atoms with Crippen LogP contribution in [0.3, 0.4) is 0 Å². The van der Waals surface area contributed by atoms with Crippen molar-refractivity contribution in [1.29, 1.82) is 0 Å². The van der Waals surface area contributed by atoms with Gasteiger partial charge in [-0.15, -0.1) is 0 Å². The predicted octanol–water partition coefficient (Wildman–Crippen LogP) is 6.93. The van der Waals surface area contributed by atoms with Gasteiger partial charge in [0.05, 0.1) is 6.04 Å². The molecular weight excluding hydrogens is 438 g/mol. The van der Waals surface area contributed by atoms with E-state index < -0.39 is 0 Å². The van der Waals surface area contributed by atoms with Gasteiger partial charge in [0.15, 0.2) is 0 Å². The Morgan fingerprint density at radius 1 is 0.912 bits per heavy atom. The zero-order chi connectivity index (χ0) is 24.1. The summed E-state index contributed by atoms with van der Waals surface area (Å²) < 4.78 is 2.25. The van der Waals surface area contributed by atoms with Crippen LogP contribution < -0.4 is 10.6 Å². The fourth-order valence-corrected chi connectivity index (χ4v) is 5.59. The molecule has 0 bridgehead atoms. The Kier molecular flexibility index (Phi) is 7.76. The van der Waals surface area contributed by atoms with Crippen LogP contribution in [0.15, 0.2) is 65.6 Å². The van der Waals surface area contributed by atoms with Crippen LogP contribution in [0.25, 0.3) is 12.2 Å². The zero-order valence-electron chi connectivity index (χ0n) is 20.4. The van der Waals surface area contributed by atoms with Gasteiger partial charge in [0.2, 0.25) is 5.91 Å². The number of carbonyl (C=O) groups excluding carboxylic acids is 1. The smallest absolute Gasteiger partial charge is 0.242 e. The standard InChI is InChI=1S/C29H33N3OS/c1-20-18-21(2)28(22(3)19-20)34-32-17-5-6-27(32)29(33)31-26-15-11-24(12-16-26)8-7-23-9-13-25(30-4)14-10-23/h7-16,18-19,27,30H,5-6,17H2,1-4H3,(H,31,33)/b8-7+. The second-order valence-corrected chi connectivity index (χ2v) is 9.99. The van der Waals surface area contributed by atoms with Crippen LogP contribution >= 0.6 is 11.9 Å². The molecule has 0 aliphatic carbocycles. The van der Waals surface area contributed by atoms with Crippen LogP contribution in [-0.2, 0) is 4.79 Å². The molecule has 1 fully saturated rings. The van der Waals surface area contributed by atoms with Gasteiger partial charge in [-0.05, 0) is 92.1 Å². The van der Waals surface area contributed by atoms with Crippen molar-refractivity contribution >= 4 is 41.4 Å². The van der Waals surface area contributed by atoms with Crippen molar-refractivity contribution in [3.05, 3.63) is 88.5 Å². The molecule has 0 radical (unpaired) electrons. The first-order valence-corrected chi connectivity index (χ1v) is 12.6. The van der Waals surface area contributed by atoms with Crippen LogP contribution in [0.4, 0.5) is 11.4 Å². The number of benzene rings is 3. The van der Waals surface area contributed by atoms with Gasteiger partial charge in [0.25, 0.3) is 0 Å². The van der Waals surface area contributed by atoms with Gasteiger partial charge in [-0.2, -0.15) is 0 Å². The molecule has 3 aromatic carbocycles. The molecule has 3 aromatic rings. The molecule has 0 aromatic heterocycles. The minimum Gasteiger partial charge on any atom is -0.388 e. The summed E-state index contributed by atoms with van der Waals surface area (Å²) in [5, 5.41) is 6.26. The Morgan fingerprint density at radius 3 is 2.03 bits per heavy atom. The second kappa shape index (κ2) is 10.9. The summed E-state index contributed by atoms with van der Waals surface area (Å²) in [6.45, 7) is 7.36. The Balaban J connectivity index is 1.37. The van der Waals surface area contributed by atoms with E-state index in [-0.39, 0.29) is 11.9 Å². The first-order valence-electron chi connectivity index (χ1n) is 11.8. The third-order valence-corrected chi connectivity index (χ3v) is 7.66. The third kappa shape index (κ3) is 5.91. The maximum absolute atomic E-state index is 13.1. The molecule has 1 amide bonds. The lowest BCUT2D eigenvalue weighted by molar-refractivity contribution is -0.119. The Labute approximate surface area is 207 Å². The average molecular weight is 472 g/mol. The number of aryl methyl sites for hydroxylation is 3. The van der Waals surface area contributed by atoms with Gasteiger partial charge in [-0.25, -0.2) is 4.31 Å². The predicted molar refractivity (Wildman–Crippen MR) is 146 cm³/mol. The number of nitrogens with zero attached hydrogens (tertiary/aromatic N) is 1. The topological polar surface area (TPSA) is 44.4 Å². The van der Waals surface area contributed by atoms with Crippen molar-refractivity contribution in [3.8, 4) is 0 Å². The van der Waals surface area contributed by atoms with Crippen molar-refractivity contribution in [1.82, 2.24) is 4.31 Å². The van der Waals surface area contributed by atoms with E-state index in [1.54, 1.807) is 11.9 Å². The lowest BCUT2D eigenvalue weighted by atomic mass is 10.1. The van der Waals surface area contributed by atoms with Gasteiger partial charge in [0, 0.05) is 29.9 Å². The Morgan fingerprint density at radius 2 is 1.47 bits per heavy atom. The highest BCUT2D eigenvalue weighted by Crippen LogP contribution is 2.35. The van der Waals surface area contributed by atoms with E-state index >= 15 is 0 Å². The fourth-order valence-electron chi connectivity index (χ4n) is 4.40. The van der Waals surface area contributed by atoms with E-state index in [9.17, 15) is 4.79 Å². The highest BCUT2D eigenvalue weighted by Gasteiger charge is 2.32. The number of amides is 1. The molecule has 0 saturated carbocycles. The Bertz CT molecular complexity index is 1150. The molecule has 4 rings (SSSR count). The quantitative estimate of drug-likeness (QED) is 0.290. The molecule has 34 heavy (non-hydrogen) atoms. The number of hydrogen-bond donors (Lipinski definition) is 2. The maximum atomic E-state index is 13.1. The summed E-state index contributed by atoms with van der Waals surface area (Å²) >= 11 is 1.73. The average Bonchev–Trinajstić information content (AvgIpc) is 3.30. The monoisotopic (exact) mass is 471 g/mol. The minimum absolute atomic E-state index is 0.0698. The van der Waals surface area contributed by atoms with Crippen LogP contribution in [0.5, 0.6) is 0 Å². The lowest BCUT2D eigenvalue weighted by Gasteiger charge is -2.24. The first-order chi connectivity index (χ1) is 16.4. The number of rotatable bonds is 7. The van der Waals surface area contributed by atoms with Crippen LogP contribution in [0.1, 0.15) is 40.7 Å². The van der Waals surface area contributed by atoms with E-state index in [1.165, 1.54) is 21.6 Å². The Hall–Kier alpha value is -3.02. The number of hydrogen-bond acceptors (Lipinski definition) is 4. The SMILES string of the molecule is CNc1ccc(/C=C/c2ccc(NC(=O)C3CCCN3Sc3c(C)cc(C)cc3C)cc2)cc1. The first kappa shape index (κ1) is 24.1. The highest BCUT2D eigenvalue weighted by atomic mass is 32.2. The summed E-state index contributed by atoms with van der Waals surface area (Å²) in [6.07, 6.45) is 6.10. The molecule has 5 heteroatoms. The molecule has 1 heterocycles. The van der Waals surface area contributed by atoms with Crippen molar-refractivity contribution in [2.24, 2.45) is 0 Å². The molecule has 176 valence electrons. The van der Waals surface area contributed by atoms with Crippen LogP contribution in [-0.4, -0.2) is 29.8 Å². The maximum Gasteiger partial charge on any atom is 0.242 e. The van der Waals surface area contributed by atoms with Crippen LogP contribution in [0.2, 0.25) is 0 Å². The number of carbonyl (C=O) groups is 1. The van der Waals surface area contributed by atoms with Gasteiger partial charge in [-0.1, -0.05) is 54.1 Å². The molecule has 1 aliphatic rings. The summed E-state index contributed by atoms with van der Waals surface area (Å²) in [7, 11) is 1.92. The summed E-state index contributed by atoms with van der Waals surface area (Å²) in [4.78, 5) is 14.4. The van der Waals surface area contributed by atoms with Gasteiger partial charge in [-0.3, -0.25) is 4.79 Å². The summed E-state index contributed by atoms with van der Waals surface area (Å²) in [6, 6.07) is 20.6. The zero-order valence-corrected chi connectivity index (χ0v) is 21.2. The third-order valence-electron chi connectivity index (χ3n) is 6.17. The lowest BCUT2D eigenvalue weighted by Crippen LogP contribution is -2.35. The normalized spacial score (nSPS) is 16.2. The second-order valence-electron chi connectivity index (χ2n) is 8.93. The van der Waals surface area contributed by atoms with E-state index in [0.717, 1.165) is 41.9 Å². The molecule has 1 unspecified atom stereocenters. The number of nitrogens with one attached hydrogen (secondary N) is 2. The fraction of sp³-hybridized carbons (Fsp3) is 0.276. The molecule has 1 aliphatic heterocycles. The summed E-state index contributed by atoms with van der Waals surface area (Å²) in [5.74, 6) is 0.0698. The molecule has 0 spiro atoms. The molecule has 4 nitrogen and oxygen atoms in total. The molecule has 1 saturated heterocycles. The van der Waals surface area contributed by atoms with E-state index in [1.807, 2.05) is 31.3 Å². The van der Waals surface area contributed by atoms with Crippen molar-refractivity contribution < 1.29 is 4.79 Å². The van der Waals surface area contributed by atoms with E-state index in [4.69, 9.17) is 0 Å². The van der Waals surface area contributed by atoms with Gasteiger partial charge < -0.3 is 10.6 Å². The minimum atomic E-state index is -0.120. The van der Waals surface area contributed by atoms with E-state index in [2.05, 4.69) is 84.3 Å². The van der Waals surface area contributed by atoms with Crippen molar-refractivity contribution in [3.63, 3.8) is 0 Å². The van der Waals surface area contributed by atoms with E-state index in [0.29, 0.717) is 0 Å². The largest absolute Gasteiger partial charge is 0.388 e. The van der Waals surface area contributed by atoms with Crippen LogP contribution in [0, 0.1) is 20.8 Å². The van der Waals surface area contributed by atoms with Gasteiger partial charge in [0.1, 0.15) is 0 Å².